The molecule has 3 unspecified atom stereocenters. The number of sulfonamides is 1. The van der Waals surface area contributed by atoms with Gasteiger partial charge in [-0.3, -0.25) is 4.79 Å². The highest BCUT2D eigenvalue weighted by Gasteiger charge is 2.67. The molecular weight excluding hydrogens is 399 g/mol. The number of hydrogen-bond acceptors (Lipinski definition) is 4. The molecule has 9 heteroatoms. The van der Waals surface area contributed by atoms with Crippen molar-refractivity contribution in [2.24, 2.45) is 5.41 Å². The first-order chi connectivity index (χ1) is 12.0. The predicted molar refractivity (Wildman–Crippen MR) is 101 cm³/mol. The summed E-state index contributed by atoms with van der Waals surface area (Å²) >= 11 is 12.0. The van der Waals surface area contributed by atoms with Crippen molar-refractivity contribution in [2.45, 2.75) is 48.6 Å². The molecule has 0 aromatic heterocycles. The summed E-state index contributed by atoms with van der Waals surface area (Å²) in [5, 5.41) is 2.74. The van der Waals surface area contributed by atoms with E-state index in [2.05, 4.69) is 5.32 Å². The number of alkyl halides is 2. The first-order valence-electron chi connectivity index (χ1n) is 8.41. The minimum Gasteiger partial charge on any atom is -0.373 e. The zero-order valence-corrected chi connectivity index (χ0v) is 17.2. The average molecular weight is 421 g/mol. The summed E-state index contributed by atoms with van der Waals surface area (Å²) in [7, 11) is -3.61. The molecule has 1 saturated carbocycles. The number of halogens is 2. The van der Waals surface area contributed by atoms with E-state index in [4.69, 9.17) is 27.9 Å². The smallest absolute Gasteiger partial charge is 0.243 e. The Hall–Kier alpha value is -0.860. The largest absolute Gasteiger partial charge is 0.373 e. The van der Waals surface area contributed by atoms with Crippen LogP contribution in [0.5, 0.6) is 0 Å². The van der Waals surface area contributed by atoms with Crippen LogP contribution in [0.4, 0.5) is 5.69 Å². The van der Waals surface area contributed by atoms with Gasteiger partial charge >= 0.3 is 0 Å². The van der Waals surface area contributed by atoms with Gasteiger partial charge in [-0.2, -0.15) is 4.31 Å². The number of carbonyl (C=O) groups excluding carboxylic acids is 1. The Bertz CT molecular complexity index is 803. The van der Waals surface area contributed by atoms with E-state index in [1.165, 1.54) is 16.4 Å². The Morgan fingerprint density at radius 3 is 2.15 bits per heavy atom. The topological polar surface area (TPSA) is 75.7 Å². The zero-order valence-electron chi connectivity index (χ0n) is 14.8. The summed E-state index contributed by atoms with van der Waals surface area (Å²) in [6.07, 6.45) is 0.0740. The molecule has 3 rings (SSSR count). The monoisotopic (exact) mass is 420 g/mol. The van der Waals surface area contributed by atoms with Crippen molar-refractivity contribution in [3.8, 4) is 0 Å². The number of rotatable bonds is 4. The van der Waals surface area contributed by atoms with Crippen molar-refractivity contribution in [3.63, 3.8) is 0 Å². The van der Waals surface area contributed by atoms with Gasteiger partial charge in [0.05, 0.1) is 22.5 Å². The molecule has 3 atom stereocenters. The molecule has 2 fully saturated rings. The maximum atomic E-state index is 12.8. The molecule has 6 nitrogen and oxygen atoms in total. The van der Waals surface area contributed by atoms with Crippen molar-refractivity contribution in [3.05, 3.63) is 24.3 Å². The maximum absolute atomic E-state index is 12.8. The highest BCUT2D eigenvalue weighted by molar-refractivity contribution is 7.89. The summed E-state index contributed by atoms with van der Waals surface area (Å²) in [6.45, 7) is 6.03. The summed E-state index contributed by atoms with van der Waals surface area (Å²) in [5.41, 5.74) is -0.337. The van der Waals surface area contributed by atoms with Crippen LogP contribution in [0, 0.1) is 5.41 Å². The minimum atomic E-state index is -3.61. The molecule has 2 aliphatic rings. The van der Waals surface area contributed by atoms with E-state index in [0.717, 1.165) is 0 Å². The lowest BCUT2D eigenvalue weighted by atomic mass is 10.1. The van der Waals surface area contributed by atoms with Gasteiger partial charge in [-0.1, -0.05) is 0 Å². The standard InChI is InChI=1S/C17H22Cl2N2O4S/c1-11-8-21(9-12(2)25-11)26(23,24)14-6-4-13(5-7-14)20-15(22)16(3)10-17(16,18)19/h4-7,11-12H,8-10H2,1-3H3,(H,20,22). The molecule has 144 valence electrons. The number of hydrogen-bond donors (Lipinski definition) is 1. The fraction of sp³-hybridized carbons (Fsp3) is 0.588. The number of benzene rings is 1. The molecule has 1 N–H and O–H groups in total. The van der Waals surface area contributed by atoms with Gasteiger partial charge in [0.15, 0.2) is 0 Å². The van der Waals surface area contributed by atoms with Gasteiger partial charge in [-0.05, 0) is 51.5 Å². The Kier molecular flexibility index (Phi) is 5.08. The van der Waals surface area contributed by atoms with Gasteiger partial charge in [-0.25, -0.2) is 8.42 Å². The third kappa shape index (κ3) is 3.60. The Labute approximate surface area is 163 Å². The summed E-state index contributed by atoms with van der Waals surface area (Å²) in [5.74, 6) is -0.283. The second-order valence-corrected chi connectivity index (χ2v) is 10.7. The van der Waals surface area contributed by atoms with E-state index in [1.807, 2.05) is 13.8 Å². The van der Waals surface area contributed by atoms with Crippen molar-refractivity contribution in [1.29, 1.82) is 0 Å². The Morgan fingerprint density at radius 2 is 1.69 bits per heavy atom. The van der Waals surface area contributed by atoms with Crippen molar-refractivity contribution >= 4 is 44.8 Å². The first-order valence-corrected chi connectivity index (χ1v) is 10.6. The van der Waals surface area contributed by atoms with E-state index >= 15 is 0 Å². The molecule has 26 heavy (non-hydrogen) atoms. The molecule has 1 saturated heterocycles. The highest BCUT2D eigenvalue weighted by Crippen LogP contribution is 2.64. The van der Waals surface area contributed by atoms with Crippen LogP contribution >= 0.6 is 23.2 Å². The fourth-order valence-corrected chi connectivity index (χ4v) is 5.40. The lowest BCUT2D eigenvalue weighted by Gasteiger charge is -2.34. The lowest BCUT2D eigenvalue weighted by Crippen LogP contribution is -2.48. The predicted octanol–water partition coefficient (Wildman–Crippen LogP) is 3.01. The molecule has 0 bridgehead atoms. The third-order valence-corrected chi connectivity index (χ3v) is 7.84. The van der Waals surface area contributed by atoms with E-state index in [0.29, 0.717) is 25.2 Å². The first kappa shape index (κ1) is 19.9. The second-order valence-electron chi connectivity index (χ2n) is 7.27. The molecule has 1 aliphatic heterocycles. The molecule has 0 spiro atoms. The van der Waals surface area contributed by atoms with Crippen molar-refractivity contribution in [2.75, 3.05) is 18.4 Å². The number of ether oxygens (including phenoxy) is 1. The molecule has 1 aliphatic carbocycles. The number of amides is 1. The molecular formula is C17H22Cl2N2O4S. The van der Waals surface area contributed by atoms with Crippen LogP contribution < -0.4 is 5.32 Å². The molecule has 1 heterocycles. The minimum absolute atomic E-state index is 0.155. The number of nitrogens with zero attached hydrogens (tertiary/aromatic N) is 1. The van der Waals surface area contributed by atoms with Crippen LogP contribution in [-0.2, 0) is 19.6 Å². The van der Waals surface area contributed by atoms with Gasteiger partial charge in [0.25, 0.3) is 0 Å². The van der Waals surface area contributed by atoms with Crippen LogP contribution in [0.2, 0.25) is 0 Å². The highest BCUT2D eigenvalue weighted by atomic mass is 35.5. The Balaban J connectivity index is 1.72. The van der Waals surface area contributed by atoms with Crippen LogP contribution in [-0.4, -0.2) is 48.3 Å². The molecule has 0 radical (unpaired) electrons. The summed E-state index contributed by atoms with van der Waals surface area (Å²) in [4.78, 5) is 12.5. The maximum Gasteiger partial charge on any atom is 0.243 e. The number of morpholine rings is 1. The van der Waals surface area contributed by atoms with Gasteiger partial charge in [0.1, 0.15) is 4.33 Å². The zero-order chi connectivity index (χ0) is 19.3. The summed E-state index contributed by atoms with van der Waals surface area (Å²) < 4.78 is 31.6. The van der Waals surface area contributed by atoms with Crippen molar-refractivity contribution < 1.29 is 17.9 Å². The fourth-order valence-electron chi connectivity index (χ4n) is 3.10. The van der Waals surface area contributed by atoms with Crippen LogP contribution in [0.1, 0.15) is 27.2 Å². The van der Waals surface area contributed by atoms with Crippen LogP contribution in [0.3, 0.4) is 0 Å². The van der Waals surface area contributed by atoms with E-state index in [-0.39, 0.29) is 23.0 Å². The van der Waals surface area contributed by atoms with E-state index in [9.17, 15) is 13.2 Å². The van der Waals surface area contributed by atoms with Gasteiger partial charge < -0.3 is 10.1 Å². The Morgan fingerprint density at radius 1 is 1.19 bits per heavy atom. The van der Waals surface area contributed by atoms with Gasteiger partial charge in [0.2, 0.25) is 15.9 Å². The summed E-state index contributed by atoms with van der Waals surface area (Å²) in [6, 6.07) is 6.10. The number of anilines is 1. The number of nitrogens with one attached hydrogen (secondary N) is 1. The van der Waals surface area contributed by atoms with Crippen LogP contribution in [0.15, 0.2) is 29.2 Å². The average Bonchev–Trinajstić information content (AvgIpc) is 3.06. The second kappa shape index (κ2) is 6.63. The van der Waals surface area contributed by atoms with Gasteiger partial charge in [0, 0.05) is 18.8 Å². The lowest BCUT2D eigenvalue weighted by molar-refractivity contribution is -0.120. The number of carbonyl (C=O) groups is 1. The molecule has 1 aromatic carbocycles. The third-order valence-electron chi connectivity index (χ3n) is 4.90. The van der Waals surface area contributed by atoms with Crippen molar-refractivity contribution in [1.82, 2.24) is 4.31 Å². The molecule has 1 aromatic rings. The normalized spacial score (nSPS) is 31.4. The SMILES string of the molecule is CC1CN(S(=O)(=O)c2ccc(NC(=O)C3(C)CC3(Cl)Cl)cc2)CC(C)O1. The van der Waals surface area contributed by atoms with E-state index in [1.54, 1.807) is 19.1 Å². The molecule has 1 amide bonds. The van der Waals surface area contributed by atoms with Crippen LogP contribution in [0.25, 0.3) is 0 Å². The van der Waals surface area contributed by atoms with E-state index < -0.39 is 19.8 Å². The quantitative estimate of drug-likeness (QED) is 0.759. The van der Waals surface area contributed by atoms with Gasteiger partial charge in [-0.15, -0.1) is 23.2 Å².